The van der Waals surface area contributed by atoms with Gasteiger partial charge in [-0.2, -0.15) is 0 Å². The van der Waals surface area contributed by atoms with Gasteiger partial charge in [0.25, 0.3) is 0 Å². The average molecular weight is 892 g/mol. The SMILES string of the molecule is C1=CC2=C(CC1)C(c1ccccc1)(c1ccc(-c3cccc4c3oc3ccccc34)cc1)c1cccc(N(c3ccccc3)c3ccc4c(c3)C3(c5ccccc5-c5ccccc53)c3ccccc3-4)c12. The molecule has 10 aromatic carbocycles. The Morgan fingerprint density at radius 3 is 1.70 bits per heavy atom. The van der Waals surface area contributed by atoms with E-state index in [-0.39, 0.29) is 0 Å². The smallest absolute Gasteiger partial charge is 0.143 e. The van der Waals surface area contributed by atoms with Crippen LogP contribution in [0.5, 0.6) is 0 Å². The molecule has 1 spiro atoms. The number of fused-ring (bicyclic) bond motifs is 15. The monoisotopic (exact) mass is 891 g/mol. The molecule has 0 saturated carbocycles. The molecule has 0 amide bonds. The molecule has 4 aliphatic rings. The van der Waals surface area contributed by atoms with Crippen molar-refractivity contribution in [3.05, 3.63) is 299 Å². The van der Waals surface area contributed by atoms with Crippen LogP contribution in [0.2, 0.25) is 0 Å². The summed E-state index contributed by atoms with van der Waals surface area (Å²) in [6.07, 6.45) is 6.75. The van der Waals surface area contributed by atoms with Gasteiger partial charge in [0.1, 0.15) is 11.2 Å². The zero-order valence-electron chi connectivity index (χ0n) is 38.4. The van der Waals surface area contributed by atoms with Crippen LogP contribution < -0.4 is 4.90 Å². The number of para-hydroxylation sites is 3. The number of furan rings is 1. The highest BCUT2D eigenvalue weighted by molar-refractivity contribution is 6.09. The van der Waals surface area contributed by atoms with Crippen molar-refractivity contribution in [1.82, 2.24) is 0 Å². The highest BCUT2D eigenvalue weighted by Gasteiger charge is 2.52. The molecule has 0 aliphatic heterocycles. The third-order valence-electron chi connectivity index (χ3n) is 16.1. The van der Waals surface area contributed by atoms with Gasteiger partial charge in [0.15, 0.2) is 0 Å². The molecule has 0 radical (unpaired) electrons. The zero-order chi connectivity index (χ0) is 46.0. The predicted octanol–water partition coefficient (Wildman–Crippen LogP) is 17.5. The van der Waals surface area contributed by atoms with Crippen LogP contribution in [-0.4, -0.2) is 0 Å². The van der Waals surface area contributed by atoms with Crippen molar-refractivity contribution in [2.24, 2.45) is 0 Å². The van der Waals surface area contributed by atoms with Crippen molar-refractivity contribution in [1.29, 1.82) is 0 Å². The summed E-state index contributed by atoms with van der Waals surface area (Å²) in [5.74, 6) is 0. The van der Waals surface area contributed by atoms with E-state index in [1.165, 1.54) is 83.6 Å². The molecule has 4 aliphatic carbocycles. The first-order chi connectivity index (χ1) is 34.7. The second-order valence-corrected chi connectivity index (χ2v) is 19.3. The summed E-state index contributed by atoms with van der Waals surface area (Å²) in [4.78, 5) is 2.54. The molecule has 11 aromatic rings. The van der Waals surface area contributed by atoms with Crippen LogP contribution in [0.25, 0.3) is 60.9 Å². The Morgan fingerprint density at radius 1 is 0.400 bits per heavy atom. The Bertz CT molecular complexity index is 3940. The molecule has 70 heavy (non-hydrogen) atoms. The summed E-state index contributed by atoms with van der Waals surface area (Å²) < 4.78 is 6.56. The number of hydrogen-bond acceptors (Lipinski definition) is 2. The second-order valence-electron chi connectivity index (χ2n) is 19.3. The van der Waals surface area contributed by atoms with Gasteiger partial charge in [0.2, 0.25) is 0 Å². The highest BCUT2D eigenvalue weighted by Crippen LogP contribution is 2.64. The topological polar surface area (TPSA) is 16.4 Å². The largest absolute Gasteiger partial charge is 0.455 e. The maximum Gasteiger partial charge on any atom is 0.143 e. The number of hydrogen-bond donors (Lipinski definition) is 0. The fraction of sp³-hybridized carbons (Fsp3) is 0.0588. The van der Waals surface area contributed by atoms with E-state index in [4.69, 9.17) is 4.42 Å². The van der Waals surface area contributed by atoms with Crippen molar-refractivity contribution >= 4 is 44.6 Å². The summed E-state index contributed by atoms with van der Waals surface area (Å²) in [6, 6.07) is 88.2. The van der Waals surface area contributed by atoms with E-state index in [9.17, 15) is 0 Å². The Kier molecular flexibility index (Phi) is 8.36. The molecule has 2 nitrogen and oxygen atoms in total. The third kappa shape index (κ3) is 5.17. The highest BCUT2D eigenvalue weighted by atomic mass is 16.3. The number of nitrogens with zero attached hydrogens (tertiary/aromatic N) is 1. The van der Waals surface area contributed by atoms with Gasteiger partial charge in [-0.1, -0.05) is 212 Å². The van der Waals surface area contributed by atoms with Crippen LogP contribution in [0.1, 0.15) is 57.3 Å². The third-order valence-corrected chi connectivity index (χ3v) is 16.1. The summed E-state index contributed by atoms with van der Waals surface area (Å²) in [7, 11) is 0. The van der Waals surface area contributed by atoms with Gasteiger partial charge < -0.3 is 9.32 Å². The molecule has 0 N–H and O–H groups in total. The van der Waals surface area contributed by atoms with Crippen molar-refractivity contribution in [3.8, 4) is 33.4 Å². The van der Waals surface area contributed by atoms with Gasteiger partial charge in [-0.3, -0.25) is 0 Å². The van der Waals surface area contributed by atoms with E-state index in [1.54, 1.807) is 0 Å². The van der Waals surface area contributed by atoms with E-state index < -0.39 is 10.8 Å². The minimum absolute atomic E-state index is 0.456. The van der Waals surface area contributed by atoms with E-state index in [2.05, 4.69) is 248 Å². The maximum atomic E-state index is 6.56. The van der Waals surface area contributed by atoms with Gasteiger partial charge in [-0.15, -0.1) is 0 Å². The minimum Gasteiger partial charge on any atom is -0.455 e. The summed E-state index contributed by atoms with van der Waals surface area (Å²) in [5, 5.41) is 2.29. The standard InChI is InChI=1S/C68H45NO/c1-3-19-45(20-4-1)67(46-39-37-44(38-40-46)49-28-17-29-55-54-26-11-16-36-64(54)70-66(49)55)60-33-15-10-27-56(60)65-61(67)34-18-35-63(65)69(47-21-5-2-6-22-47)48-41-42-53-52-25-9-14-32-59(52)68(62(53)43-48)57-30-12-7-23-50(57)51-24-8-13-31-58(51)68/h1-14,16-32,34-43H,15,33H2. The lowest BCUT2D eigenvalue weighted by molar-refractivity contribution is 0.670. The van der Waals surface area contributed by atoms with Gasteiger partial charge in [0, 0.05) is 33.3 Å². The van der Waals surface area contributed by atoms with Crippen molar-refractivity contribution in [3.63, 3.8) is 0 Å². The Hall–Kier alpha value is -8.72. The first-order valence-electron chi connectivity index (χ1n) is 24.6. The van der Waals surface area contributed by atoms with Crippen molar-refractivity contribution in [2.75, 3.05) is 4.90 Å². The molecule has 0 saturated heterocycles. The summed E-state index contributed by atoms with van der Waals surface area (Å²) in [5.41, 5.74) is 25.0. The van der Waals surface area contributed by atoms with Crippen LogP contribution in [0.4, 0.5) is 17.1 Å². The van der Waals surface area contributed by atoms with E-state index in [1.807, 2.05) is 6.07 Å². The normalized spacial score (nSPS) is 16.5. The zero-order valence-corrected chi connectivity index (χ0v) is 38.4. The fourth-order valence-corrected chi connectivity index (χ4v) is 13.4. The molecule has 0 fully saturated rings. The van der Waals surface area contributed by atoms with Gasteiger partial charge in [-0.25, -0.2) is 0 Å². The molecule has 1 heterocycles. The molecule has 1 unspecified atom stereocenters. The lowest BCUT2D eigenvalue weighted by Crippen LogP contribution is -2.30. The second kappa shape index (κ2) is 14.9. The molecule has 1 aromatic heterocycles. The van der Waals surface area contributed by atoms with Crippen LogP contribution in [-0.2, 0) is 10.8 Å². The van der Waals surface area contributed by atoms with E-state index in [0.29, 0.717) is 0 Å². The maximum absolute atomic E-state index is 6.56. The molecule has 328 valence electrons. The Labute approximate surface area is 407 Å². The first-order valence-corrected chi connectivity index (χ1v) is 24.6. The number of benzene rings is 10. The van der Waals surface area contributed by atoms with Gasteiger partial charge in [0.05, 0.1) is 16.5 Å². The molecular weight excluding hydrogens is 847 g/mol. The first kappa shape index (κ1) is 39.3. The van der Waals surface area contributed by atoms with Gasteiger partial charge >= 0.3 is 0 Å². The molecule has 2 heteroatoms. The lowest BCUT2D eigenvalue weighted by atomic mass is 9.65. The van der Waals surface area contributed by atoms with Crippen molar-refractivity contribution in [2.45, 2.75) is 23.7 Å². The Morgan fingerprint density at radius 2 is 0.971 bits per heavy atom. The number of anilines is 3. The molecule has 1 atom stereocenters. The Balaban J connectivity index is 0.958. The predicted molar refractivity (Wildman–Crippen MR) is 288 cm³/mol. The molecular formula is C68H45NO. The quantitative estimate of drug-likeness (QED) is 0.165. The minimum atomic E-state index is -0.528. The van der Waals surface area contributed by atoms with E-state index >= 15 is 0 Å². The van der Waals surface area contributed by atoms with Crippen LogP contribution in [0, 0.1) is 0 Å². The van der Waals surface area contributed by atoms with Crippen LogP contribution in [0.3, 0.4) is 0 Å². The average Bonchev–Trinajstić information content (AvgIpc) is 4.15. The summed E-state index contributed by atoms with van der Waals surface area (Å²) in [6.45, 7) is 0. The number of allylic oxidation sites excluding steroid dienone is 4. The van der Waals surface area contributed by atoms with E-state index in [0.717, 1.165) is 57.3 Å². The summed E-state index contributed by atoms with van der Waals surface area (Å²) >= 11 is 0. The molecule has 0 bridgehead atoms. The van der Waals surface area contributed by atoms with Crippen molar-refractivity contribution < 1.29 is 4.42 Å². The molecule has 15 rings (SSSR count). The lowest BCUT2D eigenvalue weighted by Gasteiger charge is -2.37. The number of rotatable bonds is 6. The fourth-order valence-electron chi connectivity index (χ4n) is 13.4. The van der Waals surface area contributed by atoms with Crippen LogP contribution in [0.15, 0.2) is 259 Å². The van der Waals surface area contributed by atoms with Crippen LogP contribution >= 0.6 is 0 Å². The van der Waals surface area contributed by atoms with Gasteiger partial charge in [-0.05, 0) is 127 Å².